The second-order valence-electron chi connectivity index (χ2n) is 3.73. The highest BCUT2D eigenvalue weighted by Crippen LogP contribution is 2.25. The lowest BCUT2D eigenvalue weighted by atomic mass is 10.1. The van der Waals surface area contributed by atoms with E-state index in [1.54, 1.807) is 4.68 Å². The van der Waals surface area contributed by atoms with Crippen LogP contribution in [0.25, 0.3) is 0 Å². The molecule has 1 unspecified atom stereocenters. The van der Waals surface area contributed by atoms with E-state index in [9.17, 15) is 5.11 Å². The van der Waals surface area contributed by atoms with E-state index in [0.29, 0.717) is 6.42 Å². The predicted octanol–water partition coefficient (Wildman–Crippen LogP) is 2.34. The van der Waals surface area contributed by atoms with Crippen molar-refractivity contribution in [3.05, 3.63) is 46.5 Å². The summed E-state index contributed by atoms with van der Waals surface area (Å²) in [5.41, 5.74) is 0.873. The van der Waals surface area contributed by atoms with Crippen LogP contribution in [0.2, 0.25) is 0 Å². The third-order valence-corrected chi connectivity index (χ3v) is 3.36. The Bertz CT molecular complexity index is 498. The molecule has 0 aliphatic carbocycles. The van der Waals surface area contributed by atoms with E-state index in [2.05, 4.69) is 26.0 Å². The lowest BCUT2D eigenvalue weighted by Crippen LogP contribution is -2.09. The van der Waals surface area contributed by atoms with Crippen molar-refractivity contribution < 1.29 is 5.11 Å². The van der Waals surface area contributed by atoms with Gasteiger partial charge in [-0.2, -0.15) is 5.10 Å². The van der Waals surface area contributed by atoms with Crippen LogP contribution in [0.15, 0.2) is 35.1 Å². The molecule has 0 saturated carbocycles. The molecule has 1 heterocycles. The van der Waals surface area contributed by atoms with Crippen LogP contribution in [0.3, 0.4) is 0 Å². The molecular formula is C12H14BrN3O. The third kappa shape index (κ3) is 2.73. The highest BCUT2D eigenvalue weighted by Gasteiger charge is 2.14. The monoisotopic (exact) mass is 295 g/mol. The summed E-state index contributed by atoms with van der Waals surface area (Å²) in [5, 5.41) is 14.3. The zero-order chi connectivity index (χ0) is 12.3. The van der Waals surface area contributed by atoms with E-state index in [4.69, 9.17) is 0 Å². The van der Waals surface area contributed by atoms with Crippen molar-refractivity contribution in [3.63, 3.8) is 0 Å². The van der Waals surface area contributed by atoms with Crippen molar-refractivity contribution in [3.8, 4) is 0 Å². The van der Waals surface area contributed by atoms with Crippen molar-refractivity contribution in [2.24, 2.45) is 0 Å². The molecule has 2 rings (SSSR count). The fourth-order valence-electron chi connectivity index (χ4n) is 1.74. The summed E-state index contributed by atoms with van der Waals surface area (Å²) < 4.78 is 2.70. The Morgan fingerprint density at radius 1 is 1.41 bits per heavy atom. The second kappa shape index (κ2) is 5.42. The molecule has 1 atom stereocenters. The van der Waals surface area contributed by atoms with Crippen LogP contribution in [0, 0.1) is 0 Å². The Kier molecular flexibility index (Phi) is 3.91. The first-order valence-electron chi connectivity index (χ1n) is 5.51. The SMILES string of the molecule is CCn1ncnc1CC(O)c1ccccc1Br. The largest absolute Gasteiger partial charge is 0.388 e. The first kappa shape index (κ1) is 12.3. The minimum absolute atomic E-state index is 0.469. The Morgan fingerprint density at radius 3 is 2.88 bits per heavy atom. The number of aliphatic hydroxyl groups is 1. The van der Waals surface area contributed by atoms with Crippen molar-refractivity contribution in [1.29, 1.82) is 0 Å². The standard InChI is InChI=1S/C12H14BrN3O/c1-2-16-12(14-8-15-16)7-11(17)9-5-3-4-6-10(9)13/h3-6,8,11,17H,2,7H2,1H3. The van der Waals surface area contributed by atoms with Crippen LogP contribution in [0.4, 0.5) is 0 Å². The molecule has 0 aliphatic heterocycles. The molecule has 1 aromatic heterocycles. The van der Waals surface area contributed by atoms with Crippen molar-refractivity contribution in [1.82, 2.24) is 14.8 Å². The van der Waals surface area contributed by atoms with E-state index in [1.165, 1.54) is 6.33 Å². The van der Waals surface area contributed by atoms with E-state index in [1.807, 2.05) is 31.2 Å². The summed E-state index contributed by atoms with van der Waals surface area (Å²) in [5.74, 6) is 0.802. The number of aromatic nitrogens is 3. The number of hydrogen-bond donors (Lipinski definition) is 1. The number of aryl methyl sites for hydroxylation is 1. The van der Waals surface area contributed by atoms with Gasteiger partial charge < -0.3 is 5.11 Å². The van der Waals surface area contributed by atoms with E-state index in [-0.39, 0.29) is 0 Å². The highest BCUT2D eigenvalue weighted by atomic mass is 79.9. The van der Waals surface area contributed by atoms with Gasteiger partial charge in [-0.25, -0.2) is 4.98 Å². The van der Waals surface area contributed by atoms with Crippen LogP contribution < -0.4 is 0 Å². The van der Waals surface area contributed by atoms with E-state index >= 15 is 0 Å². The van der Waals surface area contributed by atoms with Gasteiger partial charge in [0.1, 0.15) is 12.2 Å². The molecule has 0 amide bonds. The van der Waals surface area contributed by atoms with Crippen molar-refractivity contribution in [2.75, 3.05) is 0 Å². The van der Waals surface area contributed by atoms with Gasteiger partial charge >= 0.3 is 0 Å². The minimum Gasteiger partial charge on any atom is -0.388 e. The third-order valence-electron chi connectivity index (χ3n) is 2.64. The predicted molar refractivity (Wildman–Crippen MR) is 68.5 cm³/mol. The second-order valence-corrected chi connectivity index (χ2v) is 4.59. The smallest absolute Gasteiger partial charge is 0.138 e. The van der Waals surface area contributed by atoms with Gasteiger partial charge in [0.25, 0.3) is 0 Å². The first-order chi connectivity index (χ1) is 8.22. The highest BCUT2D eigenvalue weighted by molar-refractivity contribution is 9.10. The average molecular weight is 296 g/mol. The topological polar surface area (TPSA) is 50.9 Å². The maximum Gasteiger partial charge on any atom is 0.138 e. The maximum absolute atomic E-state index is 10.2. The Labute approximate surface area is 108 Å². The molecule has 0 spiro atoms. The Hall–Kier alpha value is -1.20. The number of halogens is 1. The van der Waals surface area contributed by atoms with Gasteiger partial charge in [-0.15, -0.1) is 0 Å². The van der Waals surface area contributed by atoms with Crippen molar-refractivity contribution in [2.45, 2.75) is 26.0 Å². The first-order valence-corrected chi connectivity index (χ1v) is 6.30. The summed E-state index contributed by atoms with van der Waals surface area (Å²) in [4.78, 5) is 4.16. The molecule has 2 aromatic rings. The lowest BCUT2D eigenvalue weighted by Gasteiger charge is -2.12. The zero-order valence-electron chi connectivity index (χ0n) is 9.55. The zero-order valence-corrected chi connectivity index (χ0v) is 11.1. The van der Waals surface area contributed by atoms with Crippen LogP contribution in [0.5, 0.6) is 0 Å². The molecule has 0 aliphatic rings. The van der Waals surface area contributed by atoms with Gasteiger partial charge in [0.15, 0.2) is 0 Å². The molecule has 0 radical (unpaired) electrons. The maximum atomic E-state index is 10.2. The number of benzene rings is 1. The normalized spacial score (nSPS) is 12.6. The van der Waals surface area contributed by atoms with Gasteiger partial charge in [0.2, 0.25) is 0 Å². The van der Waals surface area contributed by atoms with Crippen LogP contribution in [0.1, 0.15) is 24.4 Å². The minimum atomic E-state index is -0.569. The van der Waals surface area contributed by atoms with E-state index < -0.39 is 6.10 Å². The molecule has 0 saturated heterocycles. The van der Waals surface area contributed by atoms with Gasteiger partial charge in [-0.3, -0.25) is 4.68 Å². The fourth-order valence-corrected chi connectivity index (χ4v) is 2.29. The molecule has 1 N–H and O–H groups in total. The van der Waals surface area contributed by atoms with Crippen LogP contribution >= 0.6 is 15.9 Å². The number of nitrogens with zero attached hydrogens (tertiary/aromatic N) is 3. The van der Waals surface area contributed by atoms with Gasteiger partial charge in [-0.05, 0) is 18.6 Å². The van der Waals surface area contributed by atoms with Gasteiger partial charge in [0, 0.05) is 17.4 Å². The lowest BCUT2D eigenvalue weighted by molar-refractivity contribution is 0.173. The molecule has 0 bridgehead atoms. The summed E-state index contributed by atoms with van der Waals surface area (Å²) >= 11 is 3.43. The van der Waals surface area contributed by atoms with Gasteiger partial charge in [-0.1, -0.05) is 34.1 Å². The number of aliphatic hydroxyl groups excluding tert-OH is 1. The van der Waals surface area contributed by atoms with Gasteiger partial charge in [0.05, 0.1) is 6.10 Å². The molecule has 0 fully saturated rings. The number of rotatable bonds is 4. The average Bonchev–Trinajstić information content (AvgIpc) is 2.76. The summed E-state index contributed by atoms with van der Waals surface area (Å²) in [7, 11) is 0. The Balaban J connectivity index is 2.17. The van der Waals surface area contributed by atoms with Crippen LogP contribution in [-0.4, -0.2) is 19.9 Å². The summed E-state index contributed by atoms with van der Waals surface area (Å²) in [6.45, 7) is 2.76. The molecule has 5 heteroatoms. The van der Waals surface area contributed by atoms with E-state index in [0.717, 1.165) is 22.4 Å². The fraction of sp³-hybridized carbons (Fsp3) is 0.333. The molecule has 1 aromatic carbocycles. The molecule has 4 nitrogen and oxygen atoms in total. The Morgan fingerprint density at radius 2 is 2.18 bits per heavy atom. The molecule has 17 heavy (non-hydrogen) atoms. The number of hydrogen-bond acceptors (Lipinski definition) is 3. The molecular weight excluding hydrogens is 282 g/mol. The quantitative estimate of drug-likeness (QED) is 0.942. The summed E-state index contributed by atoms with van der Waals surface area (Å²) in [6, 6.07) is 7.66. The van der Waals surface area contributed by atoms with Crippen LogP contribution in [-0.2, 0) is 13.0 Å². The molecule has 90 valence electrons. The van der Waals surface area contributed by atoms with Crippen molar-refractivity contribution >= 4 is 15.9 Å². The summed E-state index contributed by atoms with van der Waals surface area (Å²) in [6.07, 6.45) is 1.42.